The molecule has 182 valence electrons. The number of aliphatic carboxylic acids is 1. The number of carboxylic acids is 1. The van der Waals surface area contributed by atoms with Crippen molar-refractivity contribution >= 4 is 51.6 Å². The molecule has 0 aliphatic heterocycles. The van der Waals surface area contributed by atoms with Crippen LogP contribution in [0.15, 0.2) is 77.0 Å². The van der Waals surface area contributed by atoms with Gasteiger partial charge < -0.3 is 15.7 Å². The number of carboxylic acid groups (broad SMARTS) is 1. The molecule has 0 radical (unpaired) electrons. The largest absolute Gasteiger partial charge is 0.481 e. The van der Waals surface area contributed by atoms with E-state index in [1.54, 1.807) is 24.3 Å². The molecule has 0 saturated heterocycles. The summed E-state index contributed by atoms with van der Waals surface area (Å²) in [6.07, 6.45) is 4.35. The fraction of sp³-hybridized carbons (Fsp3) is 0.185. The lowest BCUT2D eigenvalue weighted by atomic mass is 9.82. The Morgan fingerprint density at radius 1 is 1.03 bits per heavy atom. The quantitative estimate of drug-likeness (QED) is 0.263. The number of nitriles is 1. The van der Waals surface area contributed by atoms with E-state index in [1.165, 1.54) is 23.1 Å². The molecular weight excluding hydrogens is 494 g/mol. The van der Waals surface area contributed by atoms with Crippen molar-refractivity contribution in [2.24, 2.45) is 11.8 Å². The molecule has 4 rings (SSSR count). The molecule has 0 spiro atoms. The number of rotatable bonds is 8. The number of nitrogens with zero attached hydrogens (tertiary/aromatic N) is 1. The standard InChI is InChI=1S/C27H23N3O4S2/c28-14-22-23(17-7-2-1-3-8-17)15-36-26(22)30-24(31)16-35-19-10-6-9-18(13-19)29-25(32)20-11-4-5-12-21(20)27(33)34/h1-10,13,15,20-21H,11-12,16H2,(H,29,32)(H,30,31)(H,33,34). The van der Waals surface area contributed by atoms with Crippen LogP contribution in [0.2, 0.25) is 0 Å². The van der Waals surface area contributed by atoms with Gasteiger partial charge in [0.05, 0.1) is 23.2 Å². The molecule has 1 aromatic heterocycles. The minimum absolute atomic E-state index is 0.120. The van der Waals surface area contributed by atoms with Gasteiger partial charge in [-0.1, -0.05) is 48.6 Å². The Balaban J connectivity index is 1.36. The molecule has 0 fully saturated rings. The van der Waals surface area contributed by atoms with Gasteiger partial charge in [-0.2, -0.15) is 5.26 Å². The average Bonchev–Trinajstić information content (AvgIpc) is 3.30. The maximum Gasteiger partial charge on any atom is 0.307 e. The zero-order valence-electron chi connectivity index (χ0n) is 19.1. The van der Waals surface area contributed by atoms with Crippen molar-refractivity contribution in [2.75, 3.05) is 16.4 Å². The summed E-state index contributed by atoms with van der Waals surface area (Å²) in [5, 5.41) is 27.1. The first-order valence-corrected chi connectivity index (χ1v) is 13.1. The van der Waals surface area contributed by atoms with E-state index in [2.05, 4.69) is 16.7 Å². The van der Waals surface area contributed by atoms with Gasteiger partial charge in [0.1, 0.15) is 11.1 Å². The summed E-state index contributed by atoms with van der Waals surface area (Å²) in [6, 6.07) is 18.8. The van der Waals surface area contributed by atoms with Crippen LogP contribution >= 0.6 is 23.1 Å². The van der Waals surface area contributed by atoms with E-state index in [4.69, 9.17) is 0 Å². The van der Waals surface area contributed by atoms with Gasteiger partial charge in [-0.05, 0) is 36.6 Å². The van der Waals surface area contributed by atoms with E-state index < -0.39 is 17.8 Å². The smallest absolute Gasteiger partial charge is 0.307 e. The Bertz CT molecular complexity index is 1340. The zero-order chi connectivity index (χ0) is 25.5. The molecule has 7 nitrogen and oxygen atoms in total. The highest BCUT2D eigenvalue weighted by Crippen LogP contribution is 2.35. The van der Waals surface area contributed by atoms with Gasteiger partial charge in [-0.25, -0.2) is 0 Å². The molecule has 1 aliphatic carbocycles. The predicted molar refractivity (Wildman–Crippen MR) is 142 cm³/mol. The van der Waals surface area contributed by atoms with Crippen LogP contribution in [0.1, 0.15) is 18.4 Å². The number of hydrogen-bond donors (Lipinski definition) is 3. The number of allylic oxidation sites excluding steroid dienone is 2. The molecule has 0 bridgehead atoms. The van der Waals surface area contributed by atoms with E-state index in [0.717, 1.165) is 16.0 Å². The molecule has 1 aliphatic rings. The first kappa shape index (κ1) is 25.2. The van der Waals surface area contributed by atoms with Crippen LogP contribution in [0.3, 0.4) is 0 Å². The SMILES string of the molecule is N#Cc1c(-c2ccccc2)csc1NC(=O)CSc1cccc(NC(=O)C2CC=CCC2C(=O)O)c1. The third kappa shape index (κ3) is 6.03. The van der Waals surface area contributed by atoms with Crippen molar-refractivity contribution < 1.29 is 19.5 Å². The Labute approximate surface area is 216 Å². The van der Waals surface area contributed by atoms with Gasteiger partial charge in [0.2, 0.25) is 11.8 Å². The molecule has 0 saturated carbocycles. The lowest BCUT2D eigenvalue weighted by Gasteiger charge is -2.24. The molecule has 9 heteroatoms. The second-order valence-corrected chi connectivity index (χ2v) is 10.1. The molecule has 2 atom stereocenters. The number of thioether (sulfide) groups is 1. The summed E-state index contributed by atoms with van der Waals surface area (Å²) >= 11 is 2.61. The van der Waals surface area contributed by atoms with Crippen LogP contribution < -0.4 is 10.6 Å². The lowest BCUT2D eigenvalue weighted by molar-refractivity contribution is -0.146. The molecule has 2 unspecified atom stereocenters. The van der Waals surface area contributed by atoms with Crippen LogP contribution in [0.4, 0.5) is 10.7 Å². The minimum Gasteiger partial charge on any atom is -0.481 e. The zero-order valence-corrected chi connectivity index (χ0v) is 20.8. The van der Waals surface area contributed by atoms with E-state index in [0.29, 0.717) is 29.1 Å². The maximum absolute atomic E-state index is 12.7. The van der Waals surface area contributed by atoms with Crippen molar-refractivity contribution in [3.63, 3.8) is 0 Å². The number of carbonyl (C=O) groups excluding carboxylic acids is 2. The predicted octanol–water partition coefficient (Wildman–Crippen LogP) is 5.62. The van der Waals surface area contributed by atoms with E-state index in [1.807, 2.05) is 47.9 Å². The number of hydrogen-bond acceptors (Lipinski definition) is 6. The van der Waals surface area contributed by atoms with Gasteiger partial charge in [0.25, 0.3) is 0 Å². The fourth-order valence-corrected chi connectivity index (χ4v) is 5.67. The van der Waals surface area contributed by atoms with Crippen molar-refractivity contribution in [2.45, 2.75) is 17.7 Å². The van der Waals surface area contributed by atoms with Crippen LogP contribution in [0.25, 0.3) is 11.1 Å². The third-order valence-electron chi connectivity index (χ3n) is 5.80. The number of amides is 2. The first-order valence-electron chi connectivity index (χ1n) is 11.2. The number of nitrogens with one attached hydrogen (secondary N) is 2. The molecular formula is C27H23N3O4S2. The average molecular weight is 518 g/mol. The van der Waals surface area contributed by atoms with Crippen LogP contribution in [0.5, 0.6) is 0 Å². The molecule has 3 aromatic rings. The summed E-state index contributed by atoms with van der Waals surface area (Å²) in [6.45, 7) is 0. The first-order chi connectivity index (χ1) is 17.5. The Hall–Kier alpha value is -3.87. The van der Waals surface area contributed by atoms with Gasteiger partial charge in [-0.15, -0.1) is 23.1 Å². The molecule has 1 heterocycles. The number of carbonyl (C=O) groups is 3. The highest BCUT2D eigenvalue weighted by atomic mass is 32.2. The van der Waals surface area contributed by atoms with Crippen molar-refractivity contribution in [1.82, 2.24) is 0 Å². The van der Waals surface area contributed by atoms with Gasteiger partial charge >= 0.3 is 5.97 Å². The lowest BCUT2D eigenvalue weighted by Crippen LogP contribution is -2.34. The Kier molecular flexibility index (Phi) is 8.21. The summed E-state index contributed by atoms with van der Waals surface area (Å²) in [5.74, 6) is -2.80. The van der Waals surface area contributed by atoms with Crippen molar-refractivity contribution in [3.8, 4) is 17.2 Å². The van der Waals surface area contributed by atoms with E-state index >= 15 is 0 Å². The number of thiophene rings is 1. The molecule has 2 amide bonds. The highest BCUT2D eigenvalue weighted by molar-refractivity contribution is 8.00. The number of anilines is 2. The second kappa shape index (κ2) is 11.7. The highest BCUT2D eigenvalue weighted by Gasteiger charge is 2.34. The third-order valence-corrected chi connectivity index (χ3v) is 7.69. The van der Waals surface area contributed by atoms with Gasteiger partial charge in [-0.3, -0.25) is 14.4 Å². The monoisotopic (exact) mass is 517 g/mol. The molecule has 2 aromatic carbocycles. The van der Waals surface area contributed by atoms with E-state index in [9.17, 15) is 24.8 Å². The second-order valence-electron chi connectivity index (χ2n) is 8.18. The van der Waals surface area contributed by atoms with Crippen molar-refractivity contribution in [3.05, 3.63) is 77.7 Å². The fourth-order valence-electron chi connectivity index (χ4n) is 3.98. The molecule has 3 N–H and O–H groups in total. The Morgan fingerprint density at radius 3 is 2.50 bits per heavy atom. The van der Waals surface area contributed by atoms with Crippen LogP contribution in [-0.4, -0.2) is 28.6 Å². The minimum atomic E-state index is -0.976. The maximum atomic E-state index is 12.7. The van der Waals surface area contributed by atoms with Crippen LogP contribution in [0, 0.1) is 23.2 Å². The normalized spacial score (nSPS) is 16.6. The van der Waals surface area contributed by atoms with Crippen molar-refractivity contribution in [1.29, 1.82) is 5.26 Å². The van der Waals surface area contributed by atoms with Gasteiger partial charge in [0.15, 0.2) is 0 Å². The number of benzene rings is 2. The molecule has 36 heavy (non-hydrogen) atoms. The summed E-state index contributed by atoms with van der Waals surface area (Å²) in [7, 11) is 0. The van der Waals surface area contributed by atoms with Gasteiger partial charge in [0, 0.05) is 21.5 Å². The summed E-state index contributed by atoms with van der Waals surface area (Å²) < 4.78 is 0. The van der Waals surface area contributed by atoms with Crippen LogP contribution in [-0.2, 0) is 14.4 Å². The summed E-state index contributed by atoms with van der Waals surface area (Å²) in [4.78, 5) is 37.6. The van der Waals surface area contributed by atoms with E-state index in [-0.39, 0.29) is 17.6 Å². The summed E-state index contributed by atoms with van der Waals surface area (Å²) in [5.41, 5.74) is 2.68. The Morgan fingerprint density at radius 2 is 1.78 bits per heavy atom. The topological polar surface area (TPSA) is 119 Å².